The summed E-state index contributed by atoms with van der Waals surface area (Å²) in [5.41, 5.74) is 1.75. The zero-order valence-corrected chi connectivity index (χ0v) is 11.0. The van der Waals surface area contributed by atoms with E-state index in [4.69, 9.17) is 0 Å². The molecule has 0 unspecified atom stereocenters. The number of hydrogen-bond acceptors (Lipinski definition) is 3. The van der Waals surface area contributed by atoms with Gasteiger partial charge in [-0.05, 0) is 23.9 Å². The third-order valence-electron chi connectivity index (χ3n) is 3.63. The predicted molar refractivity (Wildman–Crippen MR) is 75.3 cm³/mol. The average Bonchev–Trinajstić information content (AvgIpc) is 2.47. The summed E-state index contributed by atoms with van der Waals surface area (Å²) < 4.78 is 0. The van der Waals surface area contributed by atoms with E-state index in [9.17, 15) is 4.79 Å². The van der Waals surface area contributed by atoms with Gasteiger partial charge in [-0.3, -0.25) is 9.78 Å². The monoisotopic (exact) mass is 255 g/mol. The van der Waals surface area contributed by atoms with E-state index in [1.54, 1.807) is 6.20 Å². The molecule has 1 saturated heterocycles. The van der Waals surface area contributed by atoms with Crippen LogP contribution >= 0.6 is 0 Å². The second-order valence-corrected chi connectivity index (χ2v) is 4.87. The summed E-state index contributed by atoms with van der Waals surface area (Å²) in [4.78, 5) is 18.7. The van der Waals surface area contributed by atoms with Crippen LogP contribution in [0.15, 0.2) is 30.5 Å². The van der Waals surface area contributed by atoms with Crippen LogP contribution in [0.25, 0.3) is 10.8 Å². The molecule has 0 radical (unpaired) electrons. The lowest BCUT2D eigenvalue weighted by Crippen LogP contribution is -2.46. The van der Waals surface area contributed by atoms with Crippen molar-refractivity contribution < 1.29 is 4.79 Å². The summed E-state index contributed by atoms with van der Waals surface area (Å²) in [6, 6.07) is 7.99. The van der Waals surface area contributed by atoms with Crippen molar-refractivity contribution in [3.63, 3.8) is 0 Å². The zero-order chi connectivity index (χ0) is 13.2. The summed E-state index contributed by atoms with van der Waals surface area (Å²) in [6.45, 7) is 5.28. The van der Waals surface area contributed by atoms with E-state index < -0.39 is 0 Å². The van der Waals surface area contributed by atoms with E-state index in [1.165, 1.54) is 5.56 Å². The second kappa shape index (κ2) is 4.97. The molecule has 0 bridgehead atoms. The molecule has 1 amide bonds. The lowest BCUT2D eigenvalue weighted by atomic mass is 10.0. The topological polar surface area (TPSA) is 45.2 Å². The minimum absolute atomic E-state index is 0.0395. The Bertz CT molecular complexity index is 618. The van der Waals surface area contributed by atoms with Crippen molar-refractivity contribution in [1.29, 1.82) is 0 Å². The van der Waals surface area contributed by atoms with Crippen LogP contribution in [0.3, 0.4) is 0 Å². The normalized spacial score (nSPS) is 15.7. The molecule has 0 spiro atoms. The number of amides is 1. The zero-order valence-electron chi connectivity index (χ0n) is 11.0. The minimum atomic E-state index is 0.0395. The molecule has 98 valence electrons. The summed E-state index contributed by atoms with van der Waals surface area (Å²) >= 11 is 0. The van der Waals surface area contributed by atoms with E-state index >= 15 is 0 Å². The maximum absolute atomic E-state index is 12.6. The van der Waals surface area contributed by atoms with Gasteiger partial charge in [-0.1, -0.05) is 18.2 Å². The fourth-order valence-corrected chi connectivity index (χ4v) is 2.55. The number of nitrogens with one attached hydrogen (secondary N) is 1. The van der Waals surface area contributed by atoms with Crippen LogP contribution in [-0.4, -0.2) is 42.0 Å². The van der Waals surface area contributed by atoms with Crippen molar-refractivity contribution in [2.24, 2.45) is 0 Å². The first kappa shape index (κ1) is 12.1. The molecule has 0 saturated carbocycles. The number of hydrogen-bond donors (Lipinski definition) is 1. The molecule has 1 fully saturated rings. The quantitative estimate of drug-likeness (QED) is 0.841. The lowest BCUT2D eigenvalue weighted by molar-refractivity contribution is 0.0732. The average molecular weight is 255 g/mol. The number of aromatic nitrogens is 1. The standard InChI is InChI=1S/C15H17N3O/c1-11-3-2-4-13-12(11)5-6-17-14(13)15(19)18-9-7-16-8-10-18/h2-6,16H,7-10H2,1H3. The number of carbonyl (C=O) groups is 1. The summed E-state index contributed by atoms with van der Waals surface area (Å²) in [7, 11) is 0. The first-order valence-corrected chi connectivity index (χ1v) is 6.62. The first-order valence-electron chi connectivity index (χ1n) is 6.62. The molecule has 3 rings (SSSR count). The molecule has 19 heavy (non-hydrogen) atoms. The van der Waals surface area contributed by atoms with Gasteiger partial charge in [-0.15, -0.1) is 0 Å². The Hall–Kier alpha value is -1.94. The third kappa shape index (κ3) is 2.19. The SMILES string of the molecule is Cc1cccc2c(C(=O)N3CCNCC3)nccc12. The van der Waals surface area contributed by atoms with E-state index in [-0.39, 0.29) is 5.91 Å². The van der Waals surface area contributed by atoms with Gasteiger partial charge >= 0.3 is 0 Å². The smallest absolute Gasteiger partial charge is 0.273 e. The van der Waals surface area contributed by atoms with Crippen LogP contribution in [0, 0.1) is 6.92 Å². The largest absolute Gasteiger partial charge is 0.335 e. The summed E-state index contributed by atoms with van der Waals surface area (Å²) in [5, 5.41) is 5.31. The van der Waals surface area contributed by atoms with Crippen molar-refractivity contribution in [3.8, 4) is 0 Å². The molecule has 1 aromatic heterocycles. The van der Waals surface area contributed by atoms with Gasteiger partial charge in [0.25, 0.3) is 5.91 Å². The van der Waals surface area contributed by atoms with Crippen LogP contribution in [0.5, 0.6) is 0 Å². The number of nitrogens with zero attached hydrogens (tertiary/aromatic N) is 2. The molecule has 2 aromatic rings. The first-order chi connectivity index (χ1) is 9.27. The van der Waals surface area contributed by atoms with E-state index in [2.05, 4.69) is 23.3 Å². The Labute approximate surface area is 112 Å². The van der Waals surface area contributed by atoms with Crippen molar-refractivity contribution in [1.82, 2.24) is 15.2 Å². The number of pyridine rings is 1. The third-order valence-corrected chi connectivity index (χ3v) is 3.63. The van der Waals surface area contributed by atoms with Crippen molar-refractivity contribution in [3.05, 3.63) is 41.7 Å². The molecule has 1 aliphatic rings. The highest BCUT2D eigenvalue weighted by molar-refractivity contribution is 6.05. The van der Waals surface area contributed by atoms with Crippen LogP contribution in [0.2, 0.25) is 0 Å². The highest BCUT2D eigenvalue weighted by Crippen LogP contribution is 2.21. The Morgan fingerprint density at radius 3 is 2.79 bits per heavy atom. The van der Waals surface area contributed by atoms with E-state index in [0.29, 0.717) is 5.69 Å². The van der Waals surface area contributed by atoms with Gasteiger partial charge in [0.2, 0.25) is 0 Å². The van der Waals surface area contributed by atoms with Gasteiger partial charge in [0.05, 0.1) is 0 Å². The van der Waals surface area contributed by atoms with E-state index in [0.717, 1.165) is 37.0 Å². The van der Waals surface area contributed by atoms with Crippen molar-refractivity contribution in [2.75, 3.05) is 26.2 Å². The molecule has 1 N–H and O–H groups in total. The van der Waals surface area contributed by atoms with Gasteiger partial charge < -0.3 is 10.2 Å². The molecule has 2 heterocycles. The van der Waals surface area contributed by atoms with Crippen LogP contribution in [0.1, 0.15) is 16.1 Å². The fourth-order valence-electron chi connectivity index (χ4n) is 2.55. The lowest BCUT2D eigenvalue weighted by Gasteiger charge is -2.27. The number of carbonyl (C=O) groups excluding carboxylic acids is 1. The molecular formula is C15H17N3O. The van der Waals surface area contributed by atoms with Gasteiger partial charge in [0.1, 0.15) is 5.69 Å². The fraction of sp³-hybridized carbons (Fsp3) is 0.333. The van der Waals surface area contributed by atoms with Crippen molar-refractivity contribution in [2.45, 2.75) is 6.92 Å². The second-order valence-electron chi connectivity index (χ2n) is 4.87. The molecule has 1 aromatic carbocycles. The molecule has 1 aliphatic heterocycles. The Balaban J connectivity index is 2.04. The van der Waals surface area contributed by atoms with E-state index in [1.807, 2.05) is 23.1 Å². The highest BCUT2D eigenvalue weighted by atomic mass is 16.2. The molecular weight excluding hydrogens is 238 g/mol. The maximum atomic E-state index is 12.6. The Morgan fingerprint density at radius 2 is 2.00 bits per heavy atom. The van der Waals surface area contributed by atoms with Crippen LogP contribution < -0.4 is 5.32 Å². The van der Waals surface area contributed by atoms with Crippen LogP contribution in [-0.2, 0) is 0 Å². The minimum Gasteiger partial charge on any atom is -0.335 e. The molecule has 0 atom stereocenters. The number of piperazine rings is 1. The summed E-state index contributed by atoms with van der Waals surface area (Å²) in [6.07, 6.45) is 1.73. The van der Waals surface area contributed by atoms with Gasteiger partial charge in [-0.25, -0.2) is 0 Å². The number of fused-ring (bicyclic) bond motifs is 1. The molecule has 0 aliphatic carbocycles. The van der Waals surface area contributed by atoms with Crippen LogP contribution in [0.4, 0.5) is 0 Å². The highest BCUT2D eigenvalue weighted by Gasteiger charge is 2.20. The predicted octanol–water partition coefficient (Wildman–Crippen LogP) is 1.59. The van der Waals surface area contributed by atoms with Gasteiger partial charge in [-0.2, -0.15) is 0 Å². The Morgan fingerprint density at radius 1 is 1.21 bits per heavy atom. The van der Waals surface area contributed by atoms with Gasteiger partial charge in [0, 0.05) is 37.8 Å². The maximum Gasteiger partial charge on any atom is 0.273 e. The van der Waals surface area contributed by atoms with Gasteiger partial charge in [0.15, 0.2) is 0 Å². The molecule has 4 heteroatoms. The number of rotatable bonds is 1. The summed E-state index contributed by atoms with van der Waals surface area (Å²) in [5.74, 6) is 0.0395. The number of aryl methyl sites for hydroxylation is 1. The number of benzene rings is 1. The van der Waals surface area contributed by atoms with Crippen molar-refractivity contribution >= 4 is 16.7 Å². The Kier molecular flexibility index (Phi) is 3.17. The molecule has 4 nitrogen and oxygen atoms in total.